The maximum atomic E-state index is 13.1. The Hall–Kier alpha value is -2.64. The lowest BCUT2D eigenvalue weighted by molar-refractivity contribution is -0.136. The first-order valence-electron chi connectivity index (χ1n) is 8.97. The second-order valence-electron chi connectivity index (χ2n) is 6.49. The van der Waals surface area contributed by atoms with Crippen LogP contribution in [0.3, 0.4) is 0 Å². The fourth-order valence-corrected chi connectivity index (χ4v) is 3.34. The summed E-state index contributed by atoms with van der Waals surface area (Å²) in [5, 5.41) is 2.59. The van der Waals surface area contributed by atoms with Crippen molar-refractivity contribution < 1.29 is 18.0 Å². The van der Waals surface area contributed by atoms with Crippen molar-refractivity contribution in [3.8, 4) is 0 Å². The average molecular weight is 378 g/mol. The van der Waals surface area contributed by atoms with Gasteiger partial charge in [0.2, 0.25) is 5.95 Å². The van der Waals surface area contributed by atoms with E-state index in [0.29, 0.717) is 6.54 Å². The molecule has 1 atom stereocenters. The van der Waals surface area contributed by atoms with Crippen LogP contribution in [0.5, 0.6) is 0 Å². The number of hydrogen-bond acceptors (Lipinski definition) is 4. The standard InChI is InChI=1S/C19H21F3N4O/c1-2-13-7-5-6-12-26(13)17(27)16-10-11-23-18(25-16)24-15-9-4-3-8-14(15)19(20,21)22/h3-4,8-11,13H,2,5-7,12H2,1H3,(H,23,24,25). The van der Waals surface area contributed by atoms with Crippen LogP contribution in [0.25, 0.3) is 0 Å². The smallest absolute Gasteiger partial charge is 0.334 e. The van der Waals surface area contributed by atoms with Crippen molar-refractivity contribution in [2.24, 2.45) is 0 Å². The van der Waals surface area contributed by atoms with Crippen LogP contribution in [0.2, 0.25) is 0 Å². The number of rotatable bonds is 4. The molecule has 0 aliphatic carbocycles. The number of nitrogens with one attached hydrogen (secondary N) is 1. The molecule has 0 radical (unpaired) electrons. The number of halogens is 3. The molecule has 1 amide bonds. The minimum absolute atomic E-state index is 0.0393. The van der Waals surface area contributed by atoms with E-state index in [0.717, 1.165) is 31.7 Å². The number of para-hydroxylation sites is 1. The van der Waals surface area contributed by atoms with Gasteiger partial charge in [-0.1, -0.05) is 19.1 Å². The quantitative estimate of drug-likeness (QED) is 0.842. The number of amides is 1. The van der Waals surface area contributed by atoms with E-state index in [4.69, 9.17) is 0 Å². The molecule has 1 aromatic heterocycles. The number of carbonyl (C=O) groups is 1. The predicted octanol–water partition coefficient (Wildman–Crippen LogP) is 4.64. The molecular weight excluding hydrogens is 357 g/mol. The third-order valence-electron chi connectivity index (χ3n) is 4.71. The molecule has 0 spiro atoms. The number of piperidine rings is 1. The van der Waals surface area contributed by atoms with Crippen molar-refractivity contribution >= 4 is 17.5 Å². The lowest BCUT2D eigenvalue weighted by atomic mass is 9.99. The van der Waals surface area contributed by atoms with Gasteiger partial charge >= 0.3 is 6.18 Å². The number of carbonyl (C=O) groups excluding carboxylic acids is 1. The summed E-state index contributed by atoms with van der Waals surface area (Å²) in [6.45, 7) is 2.71. The van der Waals surface area contributed by atoms with Crippen LogP contribution >= 0.6 is 0 Å². The normalized spacial score (nSPS) is 17.6. The van der Waals surface area contributed by atoms with Gasteiger partial charge in [-0.3, -0.25) is 4.79 Å². The SMILES string of the molecule is CCC1CCCCN1C(=O)c1ccnc(Nc2ccccc2C(F)(F)F)n1. The van der Waals surface area contributed by atoms with Crippen LogP contribution in [0.15, 0.2) is 36.5 Å². The molecule has 5 nitrogen and oxygen atoms in total. The first-order valence-corrected chi connectivity index (χ1v) is 8.97. The molecule has 1 aromatic carbocycles. The van der Waals surface area contributed by atoms with Gasteiger partial charge in [0.25, 0.3) is 5.91 Å². The van der Waals surface area contributed by atoms with E-state index in [-0.39, 0.29) is 29.3 Å². The number of aromatic nitrogens is 2. The molecule has 1 N–H and O–H groups in total. The van der Waals surface area contributed by atoms with Gasteiger partial charge in [-0.2, -0.15) is 13.2 Å². The Morgan fingerprint density at radius 1 is 1.26 bits per heavy atom. The molecule has 0 bridgehead atoms. The number of benzene rings is 1. The Morgan fingerprint density at radius 3 is 2.78 bits per heavy atom. The third-order valence-corrected chi connectivity index (χ3v) is 4.71. The molecule has 1 aliphatic rings. The summed E-state index contributed by atoms with van der Waals surface area (Å²) in [5.74, 6) is -0.251. The Kier molecular flexibility index (Phi) is 5.62. The lowest BCUT2D eigenvalue weighted by Gasteiger charge is -2.35. The molecule has 0 saturated carbocycles. The number of nitrogens with zero attached hydrogens (tertiary/aromatic N) is 3. The molecule has 27 heavy (non-hydrogen) atoms. The number of anilines is 2. The Bertz CT molecular complexity index is 810. The fraction of sp³-hybridized carbons (Fsp3) is 0.421. The fourth-order valence-electron chi connectivity index (χ4n) is 3.34. The van der Waals surface area contributed by atoms with Gasteiger partial charge in [-0.25, -0.2) is 9.97 Å². The molecule has 1 fully saturated rings. The van der Waals surface area contributed by atoms with E-state index in [1.54, 1.807) is 4.90 Å². The van der Waals surface area contributed by atoms with Crippen LogP contribution in [0.4, 0.5) is 24.8 Å². The molecule has 8 heteroatoms. The van der Waals surface area contributed by atoms with Crippen molar-refractivity contribution in [1.29, 1.82) is 0 Å². The summed E-state index contributed by atoms with van der Waals surface area (Å²) in [7, 11) is 0. The van der Waals surface area contributed by atoms with Crippen molar-refractivity contribution in [1.82, 2.24) is 14.9 Å². The van der Waals surface area contributed by atoms with Crippen LogP contribution < -0.4 is 5.32 Å². The summed E-state index contributed by atoms with van der Waals surface area (Å²) in [4.78, 5) is 22.8. The van der Waals surface area contributed by atoms with Crippen molar-refractivity contribution in [2.75, 3.05) is 11.9 Å². The van der Waals surface area contributed by atoms with E-state index in [2.05, 4.69) is 15.3 Å². The number of alkyl halides is 3. The van der Waals surface area contributed by atoms with Gasteiger partial charge in [0.05, 0.1) is 11.3 Å². The highest BCUT2D eigenvalue weighted by molar-refractivity contribution is 5.92. The van der Waals surface area contributed by atoms with Crippen molar-refractivity contribution in [3.05, 3.63) is 47.8 Å². The van der Waals surface area contributed by atoms with Crippen molar-refractivity contribution in [3.63, 3.8) is 0 Å². The van der Waals surface area contributed by atoms with Crippen molar-refractivity contribution in [2.45, 2.75) is 44.8 Å². The molecule has 1 unspecified atom stereocenters. The van der Waals surface area contributed by atoms with Gasteiger partial charge in [0.1, 0.15) is 5.69 Å². The third kappa shape index (κ3) is 4.37. The molecular formula is C19H21F3N4O. The molecule has 144 valence electrons. The molecule has 3 rings (SSSR count). The van der Waals surface area contributed by atoms with Gasteiger partial charge in [-0.05, 0) is 43.9 Å². The van der Waals surface area contributed by atoms with E-state index in [9.17, 15) is 18.0 Å². The maximum absolute atomic E-state index is 13.1. The average Bonchev–Trinajstić information content (AvgIpc) is 2.67. The lowest BCUT2D eigenvalue weighted by Crippen LogP contribution is -2.43. The number of likely N-dealkylation sites (tertiary alicyclic amines) is 1. The maximum Gasteiger partial charge on any atom is 0.418 e. The van der Waals surface area contributed by atoms with E-state index in [1.807, 2.05) is 6.92 Å². The highest BCUT2D eigenvalue weighted by Crippen LogP contribution is 2.35. The second-order valence-corrected chi connectivity index (χ2v) is 6.49. The second kappa shape index (κ2) is 7.94. The summed E-state index contributed by atoms with van der Waals surface area (Å²) in [5.41, 5.74) is -0.788. The molecule has 1 aliphatic heterocycles. The Balaban J connectivity index is 1.83. The zero-order valence-corrected chi connectivity index (χ0v) is 15.0. The van der Waals surface area contributed by atoms with Crippen LogP contribution in [-0.4, -0.2) is 33.4 Å². The Labute approximate surface area is 155 Å². The van der Waals surface area contributed by atoms with Crippen LogP contribution in [0, 0.1) is 0 Å². The van der Waals surface area contributed by atoms with Gasteiger partial charge in [0.15, 0.2) is 0 Å². The minimum Gasteiger partial charge on any atom is -0.334 e. The van der Waals surface area contributed by atoms with E-state index in [1.165, 1.54) is 30.5 Å². The van der Waals surface area contributed by atoms with Gasteiger partial charge in [0, 0.05) is 18.8 Å². The topological polar surface area (TPSA) is 58.1 Å². The first-order chi connectivity index (χ1) is 12.9. The zero-order chi connectivity index (χ0) is 19.4. The summed E-state index contributed by atoms with van der Waals surface area (Å²) >= 11 is 0. The first kappa shape index (κ1) is 19.1. The van der Waals surface area contributed by atoms with E-state index >= 15 is 0 Å². The zero-order valence-electron chi connectivity index (χ0n) is 15.0. The Morgan fingerprint density at radius 2 is 2.04 bits per heavy atom. The van der Waals surface area contributed by atoms with Gasteiger partial charge in [-0.15, -0.1) is 0 Å². The summed E-state index contributed by atoms with van der Waals surface area (Å²) < 4.78 is 39.4. The highest BCUT2D eigenvalue weighted by Gasteiger charge is 2.33. The predicted molar refractivity (Wildman–Crippen MR) is 95.7 cm³/mol. The minimum atomic E-state index is -4.50. The molecule has 2 aromatic rings. The summed E-state index contributed by atoms with van der Waals surface area (Å²) in [6.07, 6.45) is 0.728. The summed E-state index contributed by atoms with van der Waals surface area (Å²) in [6, 6.07) is 6.76. The largest absolute Gasteiger partial charge is 0.418 e. The molecule has 1 saturated heterocycles. The van der Waals surface area contributed by atoms with E-state index < -0.39 is 11.7 Å². The van der Waals surface area contributed by atoms with Crippen LogP contribution in [-0.2, 0) is 6.18 Å². The van der Waals surface area contributed by atoms with Gasteiger partial charge < -0.3 is 10.2 Å². The highest BCUT2D eigenvalue weighted by atomic mass is 19.4. The number of hydrogen-bond donors (Lipinski definition) is 1. The molecule has 2 heterocycles. The monoisotopic (exact) mass is 378 g/mol. The van der Waals surface area contributed by atoms with Crippen LogP contribution in [0.1, 0.15) is 48.7 Å².